The molecular weight excluding hydrogens is 602 g/mol. The predicted molar refractivity (Wildman–Crippen MR) is 66.8 cm³/mol. The number of hydrogen-bond acceptors (Lipinski definition) is 1. The van der Waals surface area contributed by atoms with E-state index in [0.717, 1.165) is 0 Å². The minimum Gasteiger partial charge on any atom is -0.452 e. The van der Waals surface area contributed by atoms with Crippen molar-refractivity contribution >= 4 is 0 Å². The lowest BCUT2D eigenvalue weighted by atomic mass is 9.77. The van der Waals surface area contributed by atoms with Crippen LogP contribution in [0.15, 0.2) is 22.7 Å². The van der Waals surface area contributed by atoms with Crippen LogP contribution in [0.25, 0.3) is 0 Å². The van der Waals surface area contributed by atoms with Crippen molar-refractivity contribution < 1.29 is 101 Å². The molecule has 0 heterocycles. The Kier molecular flexibility index (Phi) is 6.05. The molecular formula is C14F22O. The Morgan fingerprint density at radius 2 is 0.595 bits per heavy atom. The fourth-order valence-corrected chi connectivity index (χ4v) is 2.76. The smallest absolute Gasteiger partial charge is 0.452 e. The minimum absolute atomic E-state index is 2.58. The molecule has 2 aliphatic carbocycles. The molecule has 0 atom stereocenters. The van der Waals surface area contributed by atoms with Crippen LogP contribution in [-0.4, -0.2) is 59.7 Å². The Hall–Kier alpha value is -2.26. The van der Waals surface area contributed by atoms with Gasteiger partial charge in [0, 0.05) is 0 Å². The average molecular weight is 602 g/mol. The summed E-state index contributed by atoms with van der Waals surface area (Å²) in [6, 6.07) is 0. The summed E-state index contributed by atoms with van der Waals surface area (Å²) in [5, 5.41) is 0. The van der Waals surface area contributed by atoms with E-state index in [9.17, 15) is 96.6 Å². The SMILES string of the molecule is FC(F)(F)C(F)(F)C(F)(F)C1=C(OC2=C(C(F)(F)C(F)(F)C(F)(F)F)C(F)(F)C2(F)F)C(F)(F)C1(F)F. The Labute approximate surface area is 185 Å². The highest BCUT2D eigenvalue weighted by Crippen LogP contribution is 2.69. The normalized spacial score (nSPS) is 24.1. The molecule has 0 saturated carbocycles. The highest BCUT2D eigenvalue weighted by molar-refractivity contribution is 5.51. The highest BCUT2D eigenvalue weighted by atomic mass is 19.4. The van der Waals surface area contributed by atoms with E-state index in [1.54, 1.807) is 0 Å². The van der Waals surface area contributed by atoms with Gasteiger partial charge in [-0.05, 0) is 0 Å². The van der Waals surface area contributed by atoms with Crippen LogP contribution in [0.5, 0.6) is 0 Å². The zero-order valence-corrected chi connectivity index (χ0v) is 15.7. The lowest BCUT2D eigenvalue weighted by molar-refractivity contribution is -0.362. The van der Waals surface area contributed by atoms with Gasteiger partial charge in [0.25, 0.3) is 0 Å². The molecule has 0 saturated heterocycles. The molecule has 2 aliphatic rings. The van der Waals surface area contributed by atoms with E-state index in [4.69, 9.17) is 0 Å². The average Bonchev–Trinajstić information content (AvgIpc) is 2.63. The Morgan fingerprint density at radius 1 is 0.378 bits per heavy atom. The molecule has 0 spiro atoms. The van der Waals surface area contributed by atoms with Crippen LogP contribution in [-0.2, 0) is 4.74 Å². The number of rotatable bonds is 6. The van der Waals surface area contributed by atoms with Crippen molar-refractivity contribution in [2.45, 2.75) is 59.7 Å². The van der Waals surface area contributed by atoms with E-state index in [1.807, 2.05) is 0 Å². The first-order valence-electron chi connectivity index (χ1n) is 8.07. The Balaban J connectivity index is 2.91. The van der Waals surface area contributed by atoms with Crippen LogP contribution >= 0.6 is 0 Å². The first-order chi connectivity index (χ1) is 15.7. The fraction of sp³-hybridized carbons (Fsp3) is 0.714. The molecule has 0 aliphatic heterocycles. The molecule has 0 bridgehead atoms. The monoisotopic (exact) mass is 602 g/mol. The molecule has 0 radical (unpaired) electrons. The van der Waals surface area contributed by atoms with Crippen molar-refractivity contribution in [1.29, 1.82) is 0 Å². The van der Waals surface area contributed by atoms with Gasteiger partial charge in [0.05, 0.1) is 0 Å². The van der Waals surface area contributed by atoms with Crippen LogP contribution in [0, 0.1) is 0 Å². The van der Waals surface area contributed by atoms with Crippen LogP contribution in [0.2, 0.25) is 0 Å². The van der Waals surface area contributed by atoms with E-state index < -0.39 is 82.4 Å². The summed E-state index contributed by atoms with van der Waals surface area (Å²) in [4.78, 5) is 0. The lowest BCUT2D eigenvalue weighted by Crippen LogP contribution is -2.67. The molecule has 1 nitrogen and oxygen atoms in total. The van der Waals surface area contributed by atoms with Gasteiger partial charge < -0.3 is 4.74 Å². The molecule has 37 heavy (non-hydrogen) atoms. The maximum atomic E-state index is 13.6. The maximum Gasteiger partial charge on any atom is 0.460 e. The molecule has 216 valence electrons. The summed E-state index contributed by atoms with van der Waals surface area (Å²) < 4.78 is 290. The molecule has 0 N–H and O–H groups in total. The van der Waals surface area contributed by atoms with Gasteiger partial charge in [0.2, 0.25) is 0 Å². The van der Waals surface area contributed by atoms with Crippen LogP contribution in [0.3, 0.4) is 0 Å². The van der Waals surface area contributed by atoms with Gasteiger partial charge in [-0.3, -0.25) is 0 Å². The van der Waals surface area contributed by atoms with Gasteiger partial charge in [-0.25, -0.2) is 0 Å². The van der Waals surface area contributed by atoms with Gasteiger partial charge in [-0.2, -0.15) is 96.6 Å². The number of allylic oxidation sites excluding steroid dienone is 4. The largest absolute Gasteiger partial charge is 0.460 e. The topological polar surface area (TPSA) is 9.23 Å². The summed E-state index contributed by atoms with van der Waals surface area (Å²) in [5.41, 5.74) is -9.23. The van der Waals surface area contributed by atoms with Crippen molar-refractivity contribution in [2.75, 3.05) is 0 Å². The second kappa shape index (κ2) is 7.23. The Morgan fingerprint density at radius 3 is 0.784 bits per heavy atom. The predicted octanol–water partition coefficient (Wildman–Crippen LogP) is 7.75. The van der Waals surface area contributed by atoms with Crippen LogP contribution in [0.1, 0.15) is 0 Å². The first-order valence-corrected chi connectivity index (χ1v) is 8.07. The minimum atomic E-state index is -7.82. The molecule has 0 fully saturated rings. The standard InChI is InChI=1S/C14F22O/c15-5(16)1(7(19,20)11(27,28)13(31,32)33)3(9(5,23)24)37-4-2(6(17,18)10(4,25)26)8(21,22)12(29,30)14(34,35)36. The first kappa shape index (κ1) is 31.0. The molecule has 0 unspecified atom stereocenters. The van der Waals surface area contributed by atoms with Crippen molar-refractivity contribution in [2.24, 2.45) is 0 Å². The van der Waals surface area contributed by atoms with Gasteiger partial charge in [0.1, 0.15) is 11.1 Å². The molecule has 2 rings (SSSR count). The maximum absolute atomic E-state index is 13.6. The van der Waals surface area contributed by atoms with E-state index in [-0.39, 0.29) is 0 Å². The van der Waals surface area contributed by atoms with Crippen molar-refractivity contribution in [3.05, 3.63) is 22.7 Å². The fourth-order valence-electron chi connectivity index (χ4n) is 2.76. The summed E-state index contributed by atoms with van der Waals surface area (Å²) in [6.45, 7) is 0. The summed E-state index contributed by atoms with van der Waals surface area (Å²) in [5.74, 6) is -67.0. The molecule has 0 amide bonds. The van der Waals surface area contributed by atoms with Crippen LogP contribution in [0.4, 0.5) is 96.6 Å². The number of alkyl halides is 22. The number of ether oxygens (including phenoxy) is 1. The van der Waals surface area contributed by atoms with E-state index in [0.29, 0.717) is 0 Å². The van der Waals surface area contributed by atoms with Crippen molar-refractivity contribution in [3.8, 4) is 0 Å². The third-order valence-corrected chi connectivity index (χ3v) is 4.77. The second-order valence-corrected chi connectivity index (χ2v) is 7.10. The molecule has 0 aromatic rings. The zero-order chi connectivity index (χ0) is 30.0. The van der Waals surface area contributed by atoms with Crippen molar-refractivity contribution in [3.63, 3.8) is 0 Å². The Bertz CT molecular complexity index is 951. The zero-order valence-electron chi connectivity index (χ0n) is 15.7. The van der Waals surface area contributed by atoms with E-state index in [1.165, 1.54) is 0 Å². The quantitative estimate of drug-likeness (QED) is 0.283. The molecule has 0 aromatic heterocycles. The van der Waals surface area contributed by atoms with Crippen molar-refractivity contribution in [1.82, 2.24) is 0 Å². The van der Waals surface area contributed by atoms with Gasteiger partial charge in [-0.1, -0.05) is 0 Å². The van der Waals surface area contributed by atoms with Gasteiger partial charge in [0.15, 0.2) is 11.5 Å². The molecule has 23 heteroatoms. The summed E-state index contributed by atoms with van der Waals surface area (Å²) >= 11 is 0. The third kappa shape index (κ3) is 3.42. The lowest BCUT2D eigenvalue weighted by Gasteiger charge is -2.48. The third-order valence-electron chi connectivity index (χ3n) is 4.77. The highest BCUT2D eigenvalue weighted by Gasteiger charge is 2.89. The number of halogens is 22. The molecule has 0 aromatic carbocycles. The van der Waals surface area contributed by atoms with Gasteiger partial charge >= 0.3 is 59.7 Å². The summed E-state index contributed by atoms with van der Waals surface area (Å²) in [6.07, 6.45) is -15.2. The summed E-state index contributed by atoms with van der Waals surface area (Å²) in [7, 11) is 0. The van der Waals surface area contributed by atoms with Crippen LogP contribution < -0.4 is 0 Å². The van der Waals surface area contributed by atoms with E-state index >= 15 is 0 Å². The van der Waals surface area contributed by atoms with E-state index in [2.05, 4.69) is 4.74 Å². The number of hydrogen-bond donors (Lipinski definition) is 0. The second-order valence-electron chi connectivity index (χ2n) is 7.10. The van der Waals surface area contributed by atoms with Gasteiger partial charge in [-0.15, -0.1) is 0 Å².